The number of pyridine rings is 1. The summed E-state index contributed by atoms with van der Waals surface area (Å²) in [6.07, 6.45) is -16.8. The molecule has 0 bridgehead atoms. The molecule has 0 spiro atoms. The molecule has 1 atom stereocenters. The summed E-state index contributed by atoms with van der Waals surface area (Å²) in [7, 11) is 0. The van der Waals surface area contributed by atoms with Gasteiger partial charge in [-0.2, -0.15) is 39.5 Å². The van der Waals surface area contributed by atoms with Crippen LogP contribution in [0.3, 0.4) is 0 Å². The zero-order chi connectivity index (χ0) is 23.2. The Morgan fingerprint density at radius 1 is 0.839 bits per heavy atom. The van der Waals surface area contributed by atoms with Crippen LogP contribution in [0.15, 0.2) is 41.4 Å². The molecule has 2 heterocycles. The van der Waals surface area contributed by atoms with Crippen molar-refractivity contribution in [3.8, 4) is 0 Å². The first-order valence-corrected chi connectivity index (χ1v) is 8.74. The van der Waals surface area contributed by atoms with Gasteiger partial charge in [-0.1, -0.05) is 24.3 Å². The van der Waals surface area contributed by atoms with Crippen molar-refractivity contribution in [2.45, 2.75) is 36.9 Å². The minimum atomic E-state index is -5.37. The summed E-state index contributed by atoms with van der Waals surface area (Å²) in [4.78, 5) is 6.31. The van der Waals surface area contributed by atoms with Crippen molar-refractivity contribution < 1.29 is 39.5 Å². The molecule has 1 aliphatic rings. The van der Waals surface area contributed by atoms with Gasteiger partial charge in [0.05, 0.1) is 6.54 Å². The quantitative estimate of drug-likeness (QED) is 0.642. The molecule has 3 rings (SSSR count). The molecule has 0 fully saturated rings. The average Bonchev–Trinajstić information content (AvgIpc) is 3.13. The van der Waals surface area contributed by atoms with Crippen LogP contribution in [0.1, 0.15) is 34.5 Å². The number of hydrogen-bond acceptors (Lipinski definition) is 3. The summed E-state index contributed by atoms with van der Waals surface area (Å²) in [5.74, 6) is 0. The van der Waals surface area contributed by atoms with Crippen LogP contribution in [-0.4, -0.2) is 23.4 Å². The number of halogens is 9. The van der Waals surface area contributed by atoms with Crippen molar-refractivity contribution in [1.82, 2.24) is 4.98 Å². The van der Waals surface area contributed by atoms with Gasteiger partial charge < -0.3 is 5.73 Å². The second kappa shape index (κ2) is 7.50. The Labute approximate surface area is 169 Å². The fourth-order valence-corrected chi connectivity index (χ4v) is 3.30. The van der Waals surface area contributed by atoms with E-state index in [1.54, 1.807) is 12.1 Å². The monoisotopic (exact) mass is 455 g/mol. The van der Waals surface area contributed by atoms with E-state index in [1.807, 2.05) is 0 Å². The van der Waals surface area contributed by atoms with Gasteiger partial charge >= 0.3 is 18.5 Å². The molecule has 1 aromatic carbocycles. The number of benzene rings is 1. The largest absolute Gasteiger partial charge is 0.433 e. The van der Waals surface area contributed by atoms with Crippen molar-refractivity contribution in [2.75, 3.05) is 6.54 Å². The number of rotatable bonds is 3. The molecular formula is C19H14F9N3. The van der Waals surface area contributed by atoms with E-state index < -0.39 is 53.9 Å². The van der Waals surface area contributed by atoms with Gasteiger partial charge in [-0.25, -0.2) is 4.98 Å². The van der Waals surface area contributed by atoms with Gasteiger partial charge in [-0.15, -0.1) is 0 Å². The summed E-state index contributed by atoms with van der Waals surface area (Å²) >= 11 is 0. The predicted octanol–water partition coefficient (Wildman–Crippen LogP) is 5.27. The highest BCUT2D eigenvalue weighted by molar-refractivity contribution is 6.03. The van der Waals surface area contributed by atoms with Crippen LogP contribution in [0.2, 0.25) is 0 Å². The molecule has 12 heteroatoms. The Kier molecular flexibility index (Phi) is 5.58. The zero-order valence-corrected chi connectivity index (χ0v) is 15.5. The number of hydrogen-bond donors (Lipinski definition) is 1. The number of aliphatic imine (C=N–C) groups is 1. The summed E-state index contributed by atoms with van der Waals surface area (Å²) in [5, 5.41) is 0. The molecule has 0 aliphatic carbocycles. The summed E-state index contributed by atoms with van der Waals surface area (Å²) in [5.41, 5.74) is -2.03. The lowest BCUT2D eigenvalue weighted by atomic mass is 9.76. The number of nitrogens with zero attached hydrogens (tertiary/aromatic N) is 2. The molecule has 0 saturated carbocycles. The van der Waals surface area contributed by atoms with E-state index in [0.29, 0.717) is 5.56 Å². The second-order valence-corrected chi connectivity index (χ2v) is 7.04. The molecule has 168 valence electrons. The molecule has 1 aliphatic heterocycles. The molecule has 3 nitrogen and oxygen atoms in total. The standard InChI is InChI=1S/C19H14F9N3/c20-17(21,22)14-5-12(6-15(31-14)18(23,24)25)16(19(26,27)28)7-13(30-9-16)11-3-1-10(8-29)2-4-11/h1-6H,7-9,29H2. The molecular weight excluding hydrogens is 441 g/mol. The van der Waals surface area contributed by atoms with Crippen molar-refractivity contribution >= 4 is 5.71 Å². The van der Waals surface area contributed by atoms with Crippen molar-refractivity contribution in [3.63, 3.8) is 0 Å². The first kappa shape index (κ1) is 23.0. The molecule has 31 heavy (non-hydrogen) atoms. The summed E-state index contributed by atoms with van der Waals surface area (Å²) < 4.78 is 121. The first-order valence-electron chi connectivity index (χ1n) is 8.74. The summed E-state index contributed by atoms with van der Waals surface area (Å²) in [6.45, 7) is -0.875. The summed E-state index contributed by atoms with van der Waals surface area (Å²) in [6, 6.07) is 6.00. The normalized spacial score (nSPS) is 20.1. The molecule has 2 aromatic rings. The minimum absolute atomic E-state index is 0.0126. The average molecular weight is 455 g/mol. The van der Waals surface area contributed by atoms with Crippen molar-refractivity contribution in [1.29, 1.82) is 0 Å². The zero-order valence-electron chi connectivity index (χ0n) is 15.5. The number of nitrogens with two attached hydrogens (primary N) is 1. The molecule has 1 aromatic heterocycles. The molecule has 0 saturated heterocycles. The predicted molar refractivity (Wildman–Crippen MR) is 92.3 cm³/mol. The highest BCUT2D eigenvalue weighted by atomic mass is 19.4. The van der Waals surface area contributed by atoms with Gasteiger partial charge in [0.15, 0.2) is 0 Å². The SMILES string of the molecule is NCc1ccc(C2=NCC(c3cc(C(F)(F)F)nc(C(F)(F)F)c3)(C(F)(F)F)C2)cc1. The van der Waals surface area contributed by atoms with Crippen molar-refractivity contribution in [2.24, 2.45) is 10.7 Å². The van der Waals surface area contributed by atoms with Gasteiger partial charge in [0.1, 0.15) is 16.8 Å². The smallest absolute Gasteiger partial charge is 0.326 e. The van der Waals surface area contributed by atoms with Crippen LogP contribution in [0.5, 0.6) is 0 Å². The second-order valence-electron chi connectivity index (χ2n) is 7.04. The van der Waals surface area contributed by atoms with Gasteiger partial charge in [0, 0.05) is 18.7 Å². The third-order valence-corrected chi connectivity index (χ3v) is 5.03. The highest BCUT2D eigenvalue weighted by Crippen LogP contribution is 2.49. The molecule has 1 unspecified atom stereocenters. The fourth-order valence-electron chi connectivity index (χ4n) is 3.30. The third kappa shape index (κ3) is 4.39. The van der Waals surface area contributed by atoms with Crippen LogP contribution in [0, 0.1) is 0 Å². The van der Waals surface area contributed by atoms with E-state index in [4.69, 9.17) is 5.73 Å². The maximum Gasteiger partial charge on any atom is 0.433 e. The van der Waals surface area contributed by atoms with E-state index >= 15 is 0 Å². The Morgan fingerprint density at radius 3 is 1.77 bits per heavy atom. The molecule has 2 N–H and O–H groups in total. The van der Waals surface area contributed by atoms with E-state index in [-0.39, 0.29) is 30.0 Å². The van der Waals surface area contributed by atoms with Crippen LogP contribution in [0.4, 0.5) is 39.5 Å². The van der Waals surface area contributed by atoms with E-state index in [0.717, 1.165) is 0 Å². The lowest BCUT2D eigenvalue weighted by molar-refractivity contribution is -0.185. The van der Waals surface area contributed by atoms with Crippen LogP contribution < -0.4 is 5.73 Å². The van der Waals surface area contributed by atoms with E-state index in [9.17, 15) is 39.5 Å². The van der Waals surface area contributed by atoms with E-state index in [2.05, 4.69) is 9.98 Å². The van der Waals surface area contributed by atoms with Gasteiger partial charge in [0.25, 0.3) is 0 Å². The lowest BCUT2D eigenvalue weighted by Crippen LogP contribution is -2.44. The maximum atomic E-state index is 14.1. The van der Waals surface area contributed by atoms with Gasteiger partial charge in [-0.05, 0) is 28.8 Å². The molecule has 0 amide bonds. The fraction of sp³-hybridized carbons (Fsp3) is 0.368. The Hall–Kier alpha value is -2.63. The lowest BCUT2D eigenvalue weighted by Gasteiger charge is -2.32. The molecule has 0 radical (unpaired) electrons. The minimum Gasteiger partial charge on any atom is -0.326 e. The van der Waals surface area contributed by atoms with E-state index in [1.165, 1.54) is 12.1 Å². The Bertz CT molecular complexity index is 956. The maximum absolute atomic E-state index is 14.1. The topological polar surface area (TPSA) is 51.3 Å². The Morgan fingerprint density at radius 2 is 1.35 bits per heavy atom. The van der Waals surface area contributed by atoms with Crippen LogP contribution in [0.25, 0.3) is 0 Å². The Balaban J connectivity index is 2.12. The number of alkyl halides is 9. The van der Waals surface area contributed by atoms with Crippen LogP contribution >= 0.6 is 0 Å². The van der Waals surface area contributed by atoms with Crippen molar-refractivity contribution in [3.05, 3.63) is 64.5 Å². The van der Waals surface area contributed by atoms with Gasteiger partial charge in [-0.3, -0.25) is 4.99 Å². The third-order valence-electron chi connectivity index (χ3n) is 5.03. The highest BCUT2D eigenvalue weighted by Gasteiger charge is 2.59. The first-order chi connectivity index (χ1) is 14.2. The van der Waals surface area contributed by atoms with Gasteiger partial charge in [0.2, 0.25) is 0 Å². The number of aromatic nitrogens is 1. The van der Waals surface area contributed by atoms with Crippen LogP contribution in [-0.2, 0) is 24.3 Å².